The van der Waals surface area contributed by atoms with E-state index in [0.717, 1.165) is 48.4 Å². The predicted octanol–water partition coefficient (Wildman–Crippen LogP) is 1.91. The average Bonchev–Trinajstić information content (AvgIpc) is 3.02. The van der Waals surface area contributed by atoms with Gasteiger partial charge in [-0.25, -0.2) is 0 Å². The van der Waals surface area contributed by atoms with Crippen LogP contribution in [-0.4, -0.2) is 46.0 Å². The molecule has 2 aromatic rings. The van der Waals surface area contributed by atoms with E-state index in [4.69, 9.17) is 4.74 Å². The van der Waals surface area contributed by atoms with E-state index in [1.54, 1.807) is 10.8 Å². The van der Waals surface area contributed by atoms with E-state index in [1.165, 1.54) is 7.11 Å². The number of carbonyl (C=O) groups is 1. The summed E-state index contributed by atoms with van der Waals surface area (Å²) < 4.78 is 6.79. The number of fused-ring (bicyclic) bond motifs is 1. The molecule has 0 aromatic carbocycles. The maximum Gasteiger partial charge on any atom is 0.313 e. The summed E-state index contributed by atoms with van der Waals surface area (Å²) in [6.45, 7) is 7.62. The Balaban J connectivity index is 2.07. The van der Waals surface area contributed by atoms with E-state index >= 15 is 0 Å². The number of hydrogen-bond donors (Lipinski definition) is 0. The van der Waals surface area contributed by atoms with Crippen LogP contribution in [0.2, 0.25) is 0 Å². The van der Waals surface area contributed by atoms with Gasteiger partial charge in [0.05, 0.1) is 23.9 Å². The summed E-state index contributed by atoms with van der Waals surface area (Å²) in [5.41, 5.74) is 3.34. The van der Waals surface area contributed by atoms with Crippen molar-refractivity contribution in [3.05, 3.63) is 17.6 Å². The highest BCUT2D eigenvalue weighted by Crippen LogP contribution is 2.38. The third kappa shape index (κ3) is 2.44. The molecule has 0 aliphatic carbocycles. The zero-order chi connectivity index (χ0) is 16.6. The summed E-state index contributed by atoms with van der Waals surface area (Å²) in [4.78, 5) is 14.6. The van der Waals surface area contributed by atoms with Gasteiger partial charge in [0, 0.05) is 13.1 Å². The van der Waals surface area contributed by atoms with E-state index in [1.807, 2.05) is 13.8 Å². The lowest BCUT2D eigenvalue weighted by molar-refractivity contribution is -0.153. The topological polar surface area (TPSA) is 72.6 Å². The molecule has 1 aliphatic rings. The number of methoxy groups -OCH3 is 1. The molecule has 7 nitrogen and oxygen atoms in total. The normalized spacial score (nSPS) is 21.7. The van der Waals surface area contributed by atoms with Crippen molar-refractivity contribution < 1.29 is 9.53 Å². The molecule has 0 saturated carbocycles. The van der Waals surface area contributed by atoms with E-state index in [-0.39, 0.29) is 5.97 Å². The standard InChI is InChI=1S/C16H23N5O2/c1-5-16(15(22)23-4)7-6-8-20(9-16)13-11(2)12(3)19-21-10-17-18-14(13)21/h10H,5-9H2,1-4H3. The molecule has 3 heterocycles. The molecule has 1 saturated heterocycles. The SMILES string of the molecule is CCC1(C(=O)OC)CCCN(c2c(C)c(C)nn3cnnc23)C1. The van der Waals surface area contributed by atoms with Crippen molar-refractivity contribution in [3.63, 3.8) is 0 Å². The zero-order valence-corrected chi connectivity index (χ0v) is 14.2. The second-order valence-corrected chi connectivity index (χ2v) is 6.31. The number of piperidine rings is 1. The van der Waals surface area contributed by atoms with Crippen molar-refractivity contribution in [1.82, 2.24) is 19.8 Å². The molecule has 124 valence electrons. The number of aromatic nitrogens is 4. The van der Waals surface area contributed by atoms with Crippen LogP contribution in [-0.2, 0) is 9.53 Å². The summed E-state index contributed by atoms with van der Waals surface area (Å²) in [5.74, 6) is -0.120. The van der Waals surface area contributed by atoms with Gasteiger partial charge in [-0.15, -0.1) is 10.2 Å². The number of ether oxygens (including phenoxy) is 1. The second kappa shape index (κ2) is 5.79. The summed E-state index contributed by atoms with van der Waals surface area (Å²) in [5, 5.41) is 12.7. The fourth-order valence-corrected chi connectivity index (χ4v) is 3.55. The van der Waals surface area contributed by atoms with Crippen molar-refractivity contribution in [2.45, 2.75) is 40.0 Å². The van der Waals surface area contributed by atoms with E-state index in [2.05, 4.69) is 27.1 Å². The van der Waals surface area contributed by atoms with Gasteiger partial charge in [0.25, 0.3) is 0 Å². The fourth-order valence-electron chi connectivity index (χ4n) is 3.55. The Hall–Kier alpha value is -2.18. The van der Waals surface area contributed by atoms with E-state index in [0.29, 0.717) is 6.54 Å². The summed E-state index contributed by atoms with van der Waals surface area (Å²) >= 11 is 0. The minimum atomic E-state index is -0.451. The van der Waals surface area contributed by atoms with Crippen molar-refractivity contribution in [3.8, 4) is 0 Å². The number of aryl methyl sites for hydroxylation is 1. The number of esters is 1. The molecule has 2 aromatic heterocycles. The van der Waals surface area contributed by atoms with Crippen molar-refractivity contribution in [1.29, 1.82) is 0 Å². The molecular formula is C16H23N5O2. The van der Waals surface area contributed by atoms with Gasteiger partial charge in [-0.3, -0.25) is 4.79 Å². The minimum absolute atomic E-state index is 0.120. The first-order chi connectivity index (χ1) is 11.0. The molecule has 0 spiro atoms. The average molecular weight is 317 g/mol. The Labute approximate surface area is 135 Å². The number of anilines is 1. The summed E-state index contributed by atoms with van der Waals surface area (Å²) in [6, 6.07) is 0. The largest absolute Gasteiger partial charge is 0.469 e. The van der Waals surface area contributed by atoms with Crippen molar-refractivity contribution in [2.24, 2.45) is 5.41 Å². The van der Waals surface area contributed by atoms with Gasteiger partial charge < -0.3 is 9.64 Å². The van der Waals surface area contributed by atoms with Gasteiger partial charge in [-0.05, 0) is 38.7 Å². The van der Waals surface area contributed by atoms with Crippen LogP contribution in [0.1, 0.15) is 37.4 Å². The second-order valence-electron chi connectivity index (χ2n) is 6.31. The molecular weight excluding hydrogens is 294 g/mol. The van der Waals surface area contributed by atoms with Crippen LogP contribution in [0.4, 0.5) is 5.69 Å². The maximum absolute atomic E-state index is 12.4. The van der Waals surface area contributed by atoms with Gasteiger partial charge in [-0.2, -0.15) is 9.61 Å². The van der Waals surface area contributed by atoms with Crippen LogP contribution >= 0.6 is 0 Å². The molecule has 23 heavy (non-hydrogen) atoms. The first-order valence-electron chi connectivity index (χ1n) is 8.03. The molecule has 7 heteroatoms. The van der Waals surface area contributed by atoms with Crippen molar-refractivity contribution >= 4 is 17.3 Å². The molecule has 0 radical (unpaired) electrons. The first kappa shape index (κ1) is 15.7. The molecule has 1 fully saturated rings. The van der Waals surface area contributed by atoms with Gasteiger partial charge in [0.2, 0.25) is 5.65 Å². The predicted molar refractivity (Wildman–Crippen MR) is 86.4 cm³/mol. The number of nitrogens with zero attached hydrogens (tertiary/aromatic N) is 5. The van der Waals surface area contributed by atoms with Crippen molar-refractivity contribution in [2.75, 3.05) is 25.1 Å². The maximum atomic E-state index is 12.4. The van der Waals surface area contributed by atoms with Crippen LogP contribution in [0.3, 0.4) is 0 Å². The first-order valence-corrected chi connectivity index (χ1v) is 8.03. The molecule has 1 aliphatic heterocycles. The Morgan fingerprint density at radius 2 is 2.22 bits per heavy atom. The highest BCUT2D eigenvalue weighted by Gasteiger charge is 2.42. The highest BCUT2D eigenvalue weighted by molar-refractivity contribution is 5.79. The monoisotopic (exact) mass is 317 g/mol. The molecule has 1 atom stereocenters. The Kier molecular flexibility index (Phi) is 3.95. The van der Waals surface area contributed by atoms with Gasteiger partial charge in [0.1, 0.15) is 6.33 Å². The lowest BCUT2D eigenvalue weighted by Crippen LogP contribution is -2.48. The highest BCUT2D eigenvalue weighted by atomic mass is 16.5. The zero-order valence-electron chi connectivity index (χ0n) is 14.2. The van der Waals surface area contributed by atoms with Crippen LogP contribution in [0.15, 0.2) is 6.33 Å². The number of carbonyl (C=O) groups excluding carboxylic acids is 1. The number of rotatable bonds is 3. The Morgan fingerprint density at radius 1 is 1.43 bits per heavy atom. The minimum Gasteiger partial charge on any atom is -0.469 e. The smallest absolute Gasteiger partial charge is 0.313 e. The third-order valence-electron chi connectivity index (χ3n) is 5.09. The quantitative estimate of drug-likeness (QED) is 0.805. The fraction of sp³-hybridized carbons (Fsp3) is 0.625. The summed E-state index contributed by atoms with van der Waals surface area (Å²) in [6.07, 6.45) is 4.19. The molecule has 1 unspecified atom stereocenters. The van der Waals surface area contributed by atoms with Gasteiger partial charge >= 0.3 is 5.97 Å². The van der Waals surface area contributed by atoms with E-state index < -0.39 is 5.41 Å². The van der Waals surface area contributed by atoms with E-state index in [9.17, 15) is 4.79 Å². The number of hydrogen-bond acceptors (Lipinski definition) is 6. The van der Waals surface area contributed by atoms with Crippen LogP contribution < -0.4 is 4.90 Å². The molecule has 0 N–H and O–H groups in total. The van der Waals surface area contributed by atoms with Crippen LogP contribution in [0, 0.1) is 19.3 Å². The molecule has 0 bridgehead atoms. The Bertz CT molecular complexity index is 741. The lowest BCUT2D eigenvalue weighted by atomic mass is 9.77. The van der Waals surface area contributed by atoms with Gasteiger partial charge in [-0.1, -0.05) is 6.92 Å². The molecule has 0 amide bonds. The summed E-state index contributed by atoms with van der Waals surface area (Å²) in [7, 11) is 1.47. The van der Waals surface area contributed by atoms with Crippen LogP contribution in [0.5, 0.6) is 0 Å². The Morgan fingerprint density at radius 3 is 2.91 bits per heavy atom. The van der Waals surface area contributed by atoms with Gasteiger partial charge in [0.15, 0.2) is 0 Å². The third-order valence-corrected chi connectivity index (χ3v) is 5.09. The molecule has 3 rings (SSSR count). The van der Waals surface area contributed by atoms with Crippen LogP contribution in [0.25, 0.3) is 5.65 Å². The lowest BCUT2D eigenvalue weighted by Gasteiger charge is -2.41.